The molecular formula is C16H18N4OS. The van der Waals surface area contributed by atoms with Gasteiger partial charge in [0.25, 0.3) is 5.89 Å². The summed E-state index contributed by atoms with van der Waals surface area (Å²) in [4.78, 5) is 11.2. The topological polar surface area (TPSA) is 55.1 Å². The molecule has 0 saturated carbocycles. The zero-order chi connectivity index (χ0) is 14.9. The van der Waals surface area contributed by atoms with Crippen LogP contribution in [0.3, 0.4) is 0 Å². The summed E-state index contributed by atoms with van der Waals surface area (Å²) in [6.07, 6.45) is 3.35. The molecule has 0 radical (unpaired) electrons. The smallest absolute Gasteiger partial charge is 0.257 e. The molecule has 0 bridgehead atoms. The van der Waals surface area contributed by atoms with Gasteiger partial charge in [0.15, 0.2) is 5.82 Å². The van der Waals surface area contributed by atoms with E-state index >= 15 is 0 Å². The Bertz CT molecular complexity index is 773. The molecule has 1 aliphatic heterocycles. The number of nitrogens with zero attached hydrogens (tertiary/aromatic N) is 4. The highest BCUT2D eigenvalue weighted by Crippen LogP contribution is 2.26. The van der Waals surface area contributed by atoms with Crippen molar-refractivity contribution in [3.8, 4) is 11.5 Å². The normalized spacial score (nSPS) is 17.3. The van der Waals surface area contributed by atoms with Crippen LogP contribution in [0.4, 0.5) is 0 Å². The van der Waals surface area contributed by atoms with E-state index in [0.717, 1.165) is 41.1 Å². The van der Waals surface area contributed by atoms with E-state index < -0.39 is 0 Å². The first kappa shape index (κ1) is 13.8. The standard InChI is InChI=1S/C16H18N4OS/c1-20-6-4-11(5-7-20)8-15-18-16(21-19-15)12-2-3-13-14(9-12)22-10-17-13/h2-3,9-11H,4-8H2,1H3. The molecule has 0 spiro atoms. The second-order valence-corrected chi connectivity index (χ2v) is 6.89. The fraction of sp³-hybridized carbons (Fsp3) is 0.438. The number of likely N-dealkylation sites (tertiary alicyclic amines) is 1. The second kappa shape index (κ2) is 5.78. The molecule has 5 nitrogen and oxygen atoms in total. The van der Waals surface area contributed by atoms with Crippen molar-refractivity contribution in [1.29, 1.82) is 0 Å². The van der Waals surface area contributed by atoms with E-state index in [2.05, 4.69) is 33.1 Å². The summed E-state index contributed by atoms with van der Waals surface area (Å²) < 4.78 is 6.60. The van der Waals surface area contributed by atoms with Gasteiger partial charge in [0.1, 0.15) is 0 Å². The van der Waals surface area contributed by atoms with E-state index in [1.165, 1.54) is 12.8 Å². The van der Waals surface area contributed by atoms with Crippen molar-refractivity contribution in [3.63, 3.8) is 0 Å². The number of thiazole rings is 1. The maximum atomic E-state index is 5.45. The summed E-state index contributed by atoms with van der Waals surface area (Å²) in [7, 11) is 2.18. The lowest BCUT2D eigenvalue weighted by atomic mass is 9.94. The lowest BCUT2D eigenvalue weighted by Crippen LogP contribution is -2.31. The summed E-state index contributed by atoms with van der Waals surface area (Å²) >= 11 is 1.63. The van der Waals surface area contributed by atoms with Crippen molar-refractivity contribution < 1.29 is 4.52 Å². The van der Waals surface area contributed by atoms with Crippen LogP contribution in [-0.2, 0) is 6.42 Å². The summed E-state index contributed by atoms with van der Waals surface area (Å²) in [5, 5.41) is 4.16. The molecule has 0 aliphatic carbocycles. The summed E-state index contributed by atoms with van der Waals surface area (Å²) in [6.45, 7) is 2.33. The summed E-state index contributed by atoms with van der Waals surface area (Å²) in [6, 6.07) is 6.07. The lowest BCUT2D eigenvalue weighted by Gasteiger charge is -2.27. The van der Waals surface area contributed by atoms with Crippen molar-refractivity contribution >= 4 is 21.6 Å². The zero-order valence-electron chi connectivity index (χ0n) is 12.5. The van der Waals surface area contributed by atoms with Gasteiger partial charge in [-0.15, -0.1) is 11.3 Å². The molecule has 0 N–H and O–H groups in total. The molecule has 6 heteroatoms. The molecule has 0 amide bonds. The van der Waals surface area contributed by atoms with Crippen molar-refractivity contribution in [3.05, 3.63) is 29.5 Å². The Morgan fingerprint density at radius 3 is 3.05 bits per heavy atom. The fourth-order valence-electron chi connectivity index (χ4n) is 2.97. The van der Waals surface area contributed by atoms with Gasteiger partial charge in [0.2, 0.25) is 0 Å². The van der Waals surface area contributed by atoms with Crippen LogP contribution in [0.1, 0.15) is 18.7 Å². The number of aromatic nitrogens is 3. The molecule has 4 rings (SSSR count). The summed E-state index contributed by atoms with van der Waals surface area (Å²) in [5.74, 6) is 2.11. The van der Waals surface area contributed by atoms with Gasteiger partial charge in [0, 0.05) is 12.0 Å². The number of piperidine rings is 1. The Balaban J connectivity index is 1.50. The van der Waals surface area contributed by atoms with Gasteiger partial charge in [-0.2, -0.15) is 4.98 Å². The lowest BCUT2D eigenvalue weighted by molar-refractivity contribution is 0.216. The molecule has 0 atom stereocenters. The minimum absolute atomic E-state index is 0.609. The van der Waals surface area contributed by atoms with Crippen molar-refractivity contribution in [2.45, 2.75) is 19.3 Å². The number of benzene rings is 1. The van der Waals surface area contributed by atoms with E-state index in [-0.39, 0.29) is 0 Å². The Kier molecular flexibility index (Phi) is 3.63. The molecule has 1 aromatic carbocycles. The molecule has 3 aromatic rings. The average molecular weight is 314 g/mol. The highest BCUT2D eigenvalue weighted by atomic mass is 32.1. The van der Waals surface area contributed by atoms with Crippen LogP contribution in [0.5, 0.6) is 0 Å². The van der Waals surface area contributed by atoms with Crippen molar-refractivity contribution in [1.82, 2.24) is 20.0 Å². The number of fused-ring (bicyclic) bond motifs is 1. The molecule has 1 fully saturated rings. The van der Waals surface area contributed by atoms with Crippen molar-refractivity contribution in [2.75, 3.05) is 20.1 Å². The van der Waals surface area contributed by atoms with Gasteiger partial charge in [-0.05, 0) is 57.1 Å². The molecule has 1 saturated heterocycles. The van der Waals surface area contributed by atoms with Crippen LogP contribution in [0, 0.1) is 5.92 Å². The molecule has 3 heterocycles. The first-order valence-corrected chi connectivity index (χ1v) is 8.50. The highest BCUT2D eigenvalue weighted by molar-refractivity contribution is 7.16. The van der Waals surface area contributed by atoms with E-state index in [1.54, 1.807) is 11.3 Å². The Hall–Kier alpha value is -1.79. The molecule has 114 valence electrons. The van der Waals surface area contributed by atoms with E-state index in [1.807, 2.05) is 17.6 Å². The maximum Gasteiger partial charge on any atom is 0.257 e. The fourth-order valence-corrected chi connectivity index (χ4v) is 3.68. The van der Waals surface area contributed by atoms with Crippen LogP contribution in [0.2, 0.25) is 0 Å². The van der Waals surface area contributed by atoms with E-state index in [9.17, 15) is 0 Å². The third-order valence-corrected chi connectivity index (χ3v) is 5.15. The van der Waals surface area contributed by atoms with Gasteiger partial charge in [-0.3, -0.25) is 0 Å². The quantitative estimate of drug-likeness (QED) is 0.743. The Labute approximate surface area is 133 Å². The Morgan fingerprint density at radius 2 is 2.18 bits per heavy atom. The number of hydrogen-bond donors (Lipinski definition) is 0. The highest BCUT2D eigenvalue weighted by Gasteiger charge is 2.20. The van der Waals surface area contributed by atoms with Crippen LogP contribution in [0.25, 0.3) is 21.7 Å². The minimum Gasteiger partial charge on any atom is -0.334 e. The van der Waals surface area contributed by atoms with Crippen LogP contribution >= 0.6 is 11.3 Å². The average Bonchev–Trinajstić information content (AvgIpc) is 3.17. The van der Waals surface area contributed by atoms with Gasteiger partial charge < -0.3 is 9.42 Å². The molecular weight excluding hydrogens is 296 g/mol. The summed E-state index contributed by atoms with van der Waals surface area (Å²) in [5.41, 5.74) is 3.84. The van der Waals surface area contributed by atoms with Crippen molar-refractivity contribution in [2.24, 2.45) is 5.92 Å². The SMILES string of the molecule is CN1CCC(Cc2noc(-c3ccc4ncsc4c3)n2)CC1. The van der Waals surface area contributed by atoms with Crippen LogP contribution in [-0.4, -0.2) is 40.2 Å². The molecule has 2 aromatic heterocycles. The molecule has 22 heavy (non-hydrogen) atoms. The van der Waals surface area contributed by atoms with E-state index in [0.29, 0.717) is 11.8 Å². The van der Waals surface area contributed by atoms with Crippen LogP contribution < -0.4 is 0 Å². The Morgan fingerprint density at radius 1 is 1.32 bits per heavy atom. The third kappa shape index (κ3) is 2.76. The molecule has 0 unspecified atom stereocenters. The predicted molar refractivity (Wildman–Crippen MR) is 86.8 cm³/mol. The monoisotopic (exact) mass is 314 g/mol. The van der Waals surface area contributed by atoms with Gasteiger partial charge in [-0.25, -0.2) is 4.98 Å². The number of rotatable bonds is 3. The number of hydrogen-bond acceptors (Lipinski definition) is 6. The minimum atomic E-state index is 0.609. The first-order valence-electron chi connectivity index (χ1n) is 7.63. The van der Waals surface area contributed by atoms with Gasteiger partial charge in [0.05, 0.1) is 15.7 Å². The first-order chi connectivity index (χ1) is 10.8. The maximum absolute atomic E-state index is 5.45. The molecule has 1 aliphatic rings. The van der Waals surface area contributed by atoms with Gasteiger partial charge >= 0.3 is 0 Å². The van der Waals surface area contributed by atoms with Crippen LogP contribution in [0.15, 0.2) is 28.2 Å². The zero-order valence-corrected chi connectivity index (χ0v) is 13.3. The van der Waals surface area contributed by atoms with E-state index in [4.69, 9.17) is 4.52 Å². The van der Waals surface area contributed by atoms with Gasteiger partial charge in [-0.1, -0.05) is 5.16 Å². The largest absolute Gasteiger partial charge is 0.334 e. The predicted octanol–water partition coefficient (Wildman–Crippen LogP) is 3.23. The second-order valence-electron chi connectivity index (χ2n) is 6.00. The third-order valence-electron chi connectivity index (χ3n) is 4.36.